The zero-order chi connectivity index (χ0) is 16.5. The summed E-state index contributed by atoms with van der Waals surface area (Å²) >= 11 is 0. The second-order valence-corrected chi connectivity index (χ2v) is 4.98. The van der Waals surface area contributed by atoms with Crippen LogP contribution in [0.5, 0.6) is 0 Å². The van der Waals surface area contributed by atoms with Gasteiger partial charge in [-0.3, -0.25) is 0 Å². The highest BCUT2D eigenvalue weighted by Gasteiger charge is 2.14. The van der Waals surface area contributed by atoms with Crippen molar-refractivity contribution in [1.29, 1.82) is 0 Å². The SMILES string of the molecule is C=CCCC=C(C#CCC(O)c1ccco1)C(O)c1ccco1. The molecule has 120 valence electrons. The number of allylic oxidation sites excluding steroid dienone is 2. The third kappa shape index (κ3) is 5.03. The normalized spacial score (nSPS) is 13.9. The summed E-state index contributed by atoms with van der Waals surface area (Å²) < 4.78 is 10.4. The van der Waals surface area contributed by atoms with Gasteiger partial charge in [0.1, 0.15) is 23.7 Å². The fourth-order valence-corrected chi connectivity index (χ4v) is 2.02. The second-order valence-electron chi connectivity index (χ2n) is 4.98. The molecular weight excluding hydrogens is 292 g/mol. The molecule has 4 nitrogen and oxygen atoms in total. The van der Waals surface area contributed by atoms with E-state index in [0.717, 1.165) is 12.8 Å². The number of aliphatic hydroxyl groups excluding tert-OH is 2. The molecular formula is C19H20O4. The van der Waals surface area contributed by atoms with Crippen LogP contribution in [-0.2, 0) is 0 Å². The molecule has 23 heavy (non-hydrogen) atoms. The summed E-state index contributed by atoms with van der Waals surface area (Å²) in [5.74, 6) is 6.73. The van der Waals surface area contributed by atoms with Gasteiger partial charge in [-0.2, -0.15) is 0 Å². The van der Waals surface area contributed by atoms with E-state index in [-0.39, 0.29) is 6.42 Å². The van der Waals surface area contributed by atoms with Gasteiger partial charge in [-0.25, -0.2) is 0 Å². The highest BCUT2D eigenvalue weighted by molar-refractivity contribution is 5.35. The first-order valence-electron chi connectivity index (χ1n) is 7.45. The summed E-state index contributed by atoms with van der Waals surface area (Å²) in [6.45, 7) is 3.68. The Balaban J connectivity index is 2.07. The minimum Gasteiger partial charge on any atom is -0.467 e. The van der Waals surface area contributed by atoms with Crippen molar-refractivity contribution in [2.75, 3.05) is 0 Å². The van der Waals surface area contributed by atoms with Crippen LogP contribution in [0, 0.1) is 11.8 Å². The van der Waals surface area contributed by atoms with Crippen LogP contribution in [0.25, 0.3) is 0 Å². The number of aliphatic hydroxyl groups is 2. The lowest BCUT2D eigenvalue weighted by Crippen LogP contribution is -1.99. The first kappa shape index (κ1) is 16.9. The van der Waals surface area contributed by atoms with E-state index in [9.17, 15) is 10.2 Å². The predicted molar refractivity (Wildman–Crippen MR) is 87.2 cm³/mol. The van der Waals surface area contributed by atoms with Crippen LogP contribution in [0.4, 0.5) is 0 Å². The molecule has 0 aromatic carbocycles. The van der Waals surface area contributed by atoms with Gasteiger partial charge in [-0.15, -0.1) is 6.58 Å². The van der Waals surface area contributed by atoms with Crippen LogP contribution in [0.1, 0.15) is 43.0 Å². The van der Waals surface area contributed by atoms with Crippen molar-refractivity contribution in [1.82, 2.24) is 0 Å². The molecule has 2 rings (SSSR count). The maximum absolute atomic E-state index is 10.3. The molecule has 2 heterocycles. The Morgan fingerprint density at radius 2 is 1.83 bits per heavy atom. The van der Waals surface area contributed by atoms with Crippen molar-refractivity contribution >= 4 is 0 Å². The van der Waals surface area contributed by atoms with E-state index in [1.807, 2.05) is 12.2 Å². The number of hydrogen-bond acceptors (Lipinski definition) is 4. The van der Waals surface area contributed by atoms with Crippen molar-refractivity contribution < 1.29 is 19.0 Å². The monoisotopic (exact) mass is 312 g/mol. The van der Waals surface area contributed by atoms with E-state index in [1.165, 1.54) is 12.5 Å². The zero-order valence-electron chi connectivity index (χ0n) is 12.8. The quantitative estimate of drug-likeness (QED) is 0.462. The van der Waals surface area contributed by atoms with Crippen molar-refractivity contribution in [3.05, 3.63) is 72.6 Å². The zero-order valence-corrected chi connectivity index (χ0v) is 12.8. The summed E-state index contributed by atoms with van der Waals surface area (Å²) in [4.78, 5) is 0. The van der Waals surface area contributed by atoms with Crippen LogP contribution in [-0.4, -0.2) is 10.2 Å². The molecule has 0 aliphatic carbocycles. The maximum atomic E-state index is 10.3. The minimum absolute atomic E-state index is 0.219. The second kappa shape index (κ2) is 8.84. The molecule has 0 amide bonds. The molecule has 0 saturated carbocycles. The van der Waals surface area contributed by atoms with E-state index in [2.05, 4.69) is 18.4 Å². The van der Waals surface area contributed by atoms with Crippen molar-refractivity contribution in [2.45, 2.75) is 31.5 Å². The van der Waals surface area contributed by atoms with Gasteiger partial charge in [-0.05, 0) is 37.1 Å². The Hall–Kier alpha value is -2.48. The maximum Gasteiger partial charge on any atom is 0.144 e. The first-order valence-corrected chi connectivity index (χ1v) is 7.45. The molecule has 4 heteroatoms. The Bertz CT molecular complexity index is 669. The molecule has 0 fully saturated rings. The molecule has 2 aromatic rings. The molecule has 0 radical (unpaired) electrons. The van der Waals surface area contributed by atoms with Crippen LogP contribution < -0.4 is 0 Å². The first-order chi connectivity index (χ1) is 11.2. The fraction of sp³-hybridized carbons (Fsp3) is 0.263. The number of rotatable bonds is 7. The van der Waals surface area contributed by atoms with Gasteiger partial charge >= 0.3 is 0 Å². The molecule has 2 unspecified atom stereocenters. The number of hydrogen-bond donors (Lipinski definition) is 2. The lowest BCUT2D eigenvalue weighted by Gasteiger charge is -2.07. The van der Waals surface area contributed by atoms with Crippen molar-refractivity contribution in [2.24, 2.45) is 0 Å². The van der Waals surface area contributed by atoms with E-state index in [0.29, 0.717) is 17.1 Å². The van der Waals surface area contributed by atoms with Gasteiger partial charge in [0.25, 0.3) is 0 Å². The van der Waals surface area contributed by atoms with Gasteiger partial charge in [0.05, 0.1) is 12.5 Å². The fourth-order valence-electron chi connectivity index (χ4n) is 2.02. The molecule has 2 N–H and O–H groups in total. The Morgan fingerprint density at radius 3 is 2.43 bits per heavy atom. The van der Waals surface area contributed by atoms with Crippen LogP contribution in [0.3, 0.4) is 0 Å². The van der Waals surface area contributed by atoms with Gasteiger partial charge in [0.15, 0.2) is 0 Å². The standard InChI is InChI=1S/C19H20O4/c1-2-3-4-8-15(19(21)18-12-7-14-23-18)9-5-10-16(20)17-11-6-13-22-17/h2,6-8,11-14,16,19-21H,1,3-4,10H2. The number of unbranched alkanes of at least 4 members (excludes halogenated alkanes) is 1. The van der Waals surface area contributed by atoms with Crippen molar-refractivity contribution in [3.8, 4) is 11.8 Å². The topological polar surface area (TPSA) is 66.7 Å². The van der Waals surface area contributed by atoms with Crippen LogP contribution in [0.2, 0.25) is 0 Å². The van der Waals surface area contributed by atoms with Gasteiger partial charge < -0.3 is 19.0 Å². The third-order valence-electron chi connectivity index (χ3n) is 3.24. The molecule has 2 aromatic heterocycles. The van der Waals surface area contributed by atoms with Crippen molar-refractivity contribution in [3.63, 3.8) is 0 Å². The largest absolute Gasteiger partial charge is 0.467 e. The average molecular weight is 312 g/mol. The molecule has 0 aliphatic heterocycles. The average Bonchev–Trinajstić information content (AvgIpc) is 3.25. The lowest BCUT2D eigenvalue weighted by atomic mass is 10.1. The Morgan fingerprint density at radius 1 is 1.13 bits per heavy atom. The number of furan rings is 2. The van der Waals surface area contributed by atoms with E-state index < -0.39 is 12.2 Å². The van der Waals surface area contributed by atoms with Gasteiger partial charge in [-0.1, -0.05) is 24.0 Å². The Kier molecular flexibility index (Phi) is 6.49. The molecule has 0 saturated heterocycles. The van der Waals surface area contributed by atoms with Gasteiger partial charge in [0.2, 0.25) is 0 Å². The summed E-state index contributed by atoms with van der Waals surface area (Å²) in [5, 5.41) is 20.3. The van der Waals surface area contributed by atoms with Crippen LogP contribution >= 0.6 is 0 Å². The minimum atomic E-state index is -0.914. The molecule has 0 bridgehead atoms. The Labute approximate surface area is 135 Å². The van der Waals surface area contributed by atoms with Crippen LogP contribution in [0.15, 0.2) is 69.9 Å². The molecule has 0 spiro atoms. The van der Waals surface area contributed by atoms with Gasteiger partial charge in [0, 0.05) is 12.0 Å². The van der Waals surface area contributed by atoms with E-state index >= 15 is 0 Å². The summed E-state index contributed by atoms with van der Waals surface area (Å²) in [6.07, 6.45) is 6.73. The molecule has 0 aliphatic rings. The third-order valence-corrected chi connectivity index (χ3v) is 3.24. The summed E-state index contributed by atoms with van der Waals surface area (Å²) in [6, 6.07) is 6.83. The highest BCUT2D eigenvalue weighted by atomic mass is 16.4. The van der Waals surface area contributed by atoms with E-state index in [1.54, 1.807) is 24.3 Å². The predicted octanol–water partition coefficient (Wildman–Crippen LogP) is 3.93. The summed E-state index contributed by atoms with van der Waals surface area (Å²) in [5.41, 5.74) is 0.549. The lowest BCUT2D eigenvalue weighted by molar-refractivity contribution is 0.155. The summed E-state index contributed by atoms with van der Waals surface area (Å²) in [7, 11) is 0. The highest BCUT2D eigenvalue weighted by Crippen LogP contribution is 2.23. The smallest absolute Gasteiger partial charge is 0.144 e. The molecule has 2 atom stereocenters. The van der Waals surface area contributed by atoms with E-state index in [4.69, 9.17) is 8.83 Å².